The highest BCUT2D eigenvalue weighted by Crippen LogP contribution is 2.34. The van der Waals surface area contributed by atoms with E-state index in [1.54, 1.807) is 0 Å². The second-order valence-electron chi connectivity index (χ2n) is 3.23. The topological polar surface area (TPSA) is 78.1 Å². The Labute approximate surface area is 106 Å². The molecular formula is C11H7ClFN3O2. The van der Waals surface area contributed by atoms with Crippen LogP contribution in [0.15, 0.2) is 30.6 Å². The Balaban J connectivity index is 2.61. The van der Waals surface area contributed by atoms with Crippen LogP contribution in [-0.2, 0) is 0 Å². The number of primary amides is 1. The first kappa shape index (κ1) is 12.3. The van der Waals surface area contributed by atoms with E-state index in [9.17, 15) is 9.18 Å². The first-order chi connectivity index (χ1) is 8.59. The minimum absolute atomic E-state index is 0.00181. The molecule has 0 unspecified atom stereocenters. The van der Waals surface area contributed by atoms with Gasteiger partial charge in [-0.3, -0.25) is 4.98 Å². The highest BCUT2D eigenvalue weighted by atomic mass is 35.5. The van der Waals surface area contributed by atoms with Gasteiger partial charge in [-0.05, 0) is 18.2 Å². The second-order valence-corrected chi connectivity index (χ2v) is 3.59. The van der Waals surface area contributed by atoms with E-state index in [1.165, 1.54) is 30.6 Å². The van der Waals surface area contributed by atoms with Crippen LogP contribution in [0.3, 0.4) is 0 Å². The van der Waals surface area contributed by atoms with Gasteiger partial charge >= 0.3 is 6.09 Å². The second kappa shape index (κ2) is 4.97. The molecule has 18 heavy (non-hydrogen) atoms. The summed E-state index contributed by atoms with van der Waals surface area (Å²) >= 11 is 5.78. The third kappa shape index (κ3) is 2.38. The zero-order valence-corrected chi connectivity index (χ0v) is 9.69. The standard InChI is InChI=1S/C11H7ClFN3O2/c12-10-9(18-11(14)17)6(3-5-16-10)8-7(13)2-1-4-15-8/h1-5H,(H2,14,17). The smallest absolute Gasteiger partial charge is 0.406 e. The van der Waals surface area contributed by atoms with Crippen molar-refractivity contribution in [3.63, 3.8) is 0 Å². The number of pyridine rings is 2. The number of ether oxygens (including phenoxy) is 1. The number of carbonyl (C=O) groups excluding carboxylic acids is 1. The maximum atomic E-state index is 13.6. The molecular weight excluding hydrogens is 261 g/mol. The zero-order chi connectivity index (χ0) is 13.1. The fourth-order valence-corrected chi connectivity index (χ4v) is 1.59. The molecule has 0 aliphatic carbocycles. The maximum Gasteiger partial charge on any atom is 0.410 e. The molecule has 0 bridgehead atoms. The molecule has 7 heteroatoms. The molecule has 0 aromatic carbocycles. The maximum absolute atomic E-state index is 13.6. The van der Waals surface area contributed by atoms with Gasteiger partial charge in [0, 0.05) is 12.4 Å². The number of amides is 1. The Morgan fingerprint density at radius 2 is 2.11 bits per heavy atom. The van der Waals surface area contributed by atoms with Crippen molar-refractivity contribution in [1.82, 2.24) is 9.97 Å². The Hall–Kier alpha value is -2.21. The summed E-state index contributed by atoms with van der Waals surface area (Å²) in [4.78, 5) is 18.4. The predicted octanol–water partition coefficient (Wildman–Crippen LogP) is 2.39. The van der Waals surface area contributed by atoms with Gasteiger partial charge in [0.2, 0.25) is 0 Å². The summed E-state index contributed by atoms with van der Waals surface area (Å²) in [6.07, 6.45) is 1.68. The van der Waals surface area contributed by atoms with Gasteiger partial charge in [0.05, 0.1) is 5.56 Å². The largest absolute Gasteiger partial charge is 0.410 e. The molecule has 0 spiro atoms. The van der Waals surface area contributed by atoms with Crippen molar-refractivity contribution in [3.8, 4) is 17.0 Å². The molecule has 5 nitrogen and oxygen atoms in total. The Bertz CT molecular complexity index is 607. The fourth-order valence-electron chi connectivity index (χ4n) is 1.39. The van der Waals surface area contributed by atoms with Crippen LogP contribution in [0.25, 0.3) is 11.3 Å². The molecule has 0 atom stereocenters. The molecule has 0 radical (unpaired) electrons. The molecule has 0 aliphatic heterocycles. The van der Waals surface area contributed by atoms with Crippen LogP contribution < -0.4 is 10.5 Å². The van der Waals surface area contributed by atoms with Crippen molar-refractivity contribution in [2.75, 3.05) is 0 Å². The zero-order valence-electron chi connectivity index (χ0n) is 8.93. The molecule has 0 saturated carbocycles. The normalized spacial score (nSPS) is 10.1. The van der Waals surface area contributed by atoms with Crippen LogP contribution in [-0.4, -0.2) is 16.1 Å². The van der Waals surface area contributed by atoms with Gasteiger partial charge in [-0.25, -0.2) is 14.2 Å². The van der Waals surface area contributed by atoms with Crippen LogP contribution in [0.1, 0.15) is 0 Å². The molecule has 2 aromatic rings. The van der Waals surface area contributed by atoms with E-state index in [-0.39, 0.29) is 22.2 Å². The third-order valence-electron chi connectivity index (χ3n) is 2.08. The molecule has 2 heterocycles. The van der Waals surface area contributed by atoms with Crippen molar-refractivity contribution in [3.05, 3.63) is 41.6 Å². The van der Waals surface area contributed by atoms with Crippen molar-refractivity contribution >= 4 is 17.7 Å². The highest BCUT2D eigenvalue weighted by molar-refractivity contribution is 6.31. The molecule has 2 aromatic heterocycles. The van der Waals surface area contributed by atoms with Crippen molar-refractivity contribution in [2.24, 2.45) is 5.73 Å². The summed E-state index contributed by atoms with van der Waals surface area (Å²) < 4.78 is 18.4. The van der Waals surface area contributed by atoms with Crippen LogP contribution in [0.2, 0.25) is 5.15 Å². The third-order valence-corrected chi connectivity index (χ3v) is 2.35. The number of halogens is 2. The van der Waals surface area contributed by atoms with E-state index >= 15 is 0 Å². The number of nitrogens with two attached hydrogens (primary N) is 1. The summed E-state index contributed by atoms with van der Waals surface area (Å²) in [6.45, 7) is 0. The monoisotopic (exact) mass is 267 g/mol. The lowest BCUT2D eigenvalue weighted by Crippen LogP contribution is -2.17. The van der Waals surface area contributed by atoms with Crippen molar-refractivity contribution in [1.29, 1.82) is 0 Å². The average Bonchev–Trinajstić information content (AvgIpc) is 2.32. The van der Waals surface area contributed by atoms with Gasteiger partial charge in [0.15, 0.2) is 10.9 Å². The predicted molar refractivity (Wildman–Crippen MR) is 62.6 cm³/mol. The number of aromatic nitrogens is 2. The number of carbonyl (C=O) groups is 1. The number of nitrogens with zero attached hydrogens (tertiary/aromatic N) is 2. The van der Waals surface area contributed by atoms with Crippen LogP contribution in [0.4, 0.5) is 9.18 Å². The highest BCUT2D eigenvalue weighted by Gasteiger charge is 2.17. The van der Waals surface area contributed by atoms with Crippen molar-refractivity contribution in [2.45, 2.75) is 0 Å². The van der Waals surface area contributed by atoms with Crippen LogP contribution in [0, 0.1) is 5.82 Å². The number of hydrogen-bond donors (Lipinski definition) is 1. The van der Waals surface area contributed by atoms with Gasteiger partial charge in [-0.2, -0.15) is 0 Å². The van der Waals surface area contributed by atoms with Gasteiger partial charge in [0.1, 0.15) is 11.5 Å². The van der Waals surface area contributed by atoms with Gasteiger partial charge in [-0.1, -0.05) is 11.6 Å². The minimum Gasteiger partial charge on any atom is -0.406 e. The molecule has 2 N–H and O–H groups in total. The molecule has 2 rings (SSSR count). The lowest BCUT2D eigenvalue weighted by atomic mass is 10.1. The van der Waals surface area contributed by atoms with E-state index in [0.717, 1.165) is 0 Å². The average molecular weight is 268 g/mol. The van der Waals surface area contributed by atoms with E-state index in [1.807, 2.05) is 0 Å². The lowest BCUT2D eigenvalue weighted by molar-refractivity contribution is 0.211. The Morgan fingerprint density at radius 3 is 2.78 bits per heavy atom. The quantitative estimate of drug-likeness (QED) is 0.848. The summed E-state index contributed by atoms with van der Waals surface area (Å²) in [7, 11) is 0. The Morgan fingerprint density at radius 1 is 1.33 bits per heavy atom. The summed E-state index contributed by atoms with van der Waals surface area (Å²) in [5, 5.41) is -0.101. The van der Waals surface area contributed by atoms with Crippen LogP contribution in [0.5, 0.6) is 5.75 Å². The SMILES string of the molecule is NC(=O)Oc1c(-c2ncccc2F)ccnc1Cl. The van der Waals surface area contributed by atoms with Crippen molar-refractivity contribution < 1.29 is 13.9 Å². The molecule has 1 amide bonds. The van der Waals surface area contributed by atoms with E-state index in [2.05, 4.69) is 9.97 Å². The first-order valence-electron chi connectivity index (χ1n) is 4.82. The molecule has 92 valence electrons. The van der Waals surface area contributed by atoms with Gasteiger partial charge in [0.25, 0.3) is 0 Å². The summed E-state index contributed by atoms with van der Waals surface area (Å²) in [5.41, 5.74) is 5.12. The van der Waals surface area contributed by atoms with Gasteiger partial charge < -0.3 is 10.5 Å². The van der Waals surface area contributed by atoms with E-state index in [0.29, 0.717) is 0 Å². The molecule has 0 aliphatic rings. The first-order valence-corrected chi connectivity index (χ1v) is 5.20. The summed E-state index contributed by atoms with van der Waals surface area (Å²) in [5.74, 6) is -0.696. The lowest BCUT2D eigenvalue weighted by Gasteiger charge is -2.09. The van der Waals surface area contributed by atoms with E-state index < -0.39 is 11.9 Å². The fraction of sp³-hybridized carbons (Fsp3) is 0. The summed E-state index contributed by atoms with van der Waals surface area (Å²) in [6, 6.07) is 4.09. The van der Waals surface area contributed by atoms with Gasteiger partial charge in [-0.15, -0.1) is 0 Å². The molecule has 0 fully saturated rings. The Kier molecular flexibility index (Phi) is 3.38. The minimum atomic E-state index is -1.07. The number of rotatable bonds is 2. The van der Waals surface area contributed by atoms with Crippen LogP contribution >= 0.6 is 11.6 Å². The number of hydrogen-bond acceptors (Lipinski definition) is 4. The van der Waals surface area contributed by atoms with E-state index in [4.69, 9.17) is 22.1 Å². The molecule has 0 saturated heterocycles.